The van der Waals surface area contributed by atoms with Crippen LogP contribution in [0.1, 0.15) is 64.3 Å². The third-order valence-electron chi connectivity index (χ3n) is 8.56. The van der Waals surface area contributed by atoms with E-state index < -0.39 is 6.29 Å². The highest BCUT2D eigenvalue weighted by molar-refractivity contribution is 5.93. The van der Waals surface area contributed by atoms with Gasteiger partial charge in [-0.2, -0.15) is 0 Å². The van der Waals surface area contributed by atoms with E-state index in [1.165, 1.54) is 0 Å². The number of aliphatic hydroxyl groups excluding tert-OH is 2. The summed E-state index contributed by atoms with van der Waals surface area (Å²) in [5.74, 6) is -0.161. The Morgan fingerprint density at radius 1 is 0.909 bits per heavy atom. The molecule has 1 amide bonds. The predicted molar refractivity (Wildman–Crippen MR) is 167 cm³/mol. The summed E-state index contributed by atoms with van der Waals surface area (Å²) in [6.45, 7) is 2.26. The number of nitrogens with one attached hydrogen (secondary N) is 1. The molecule has 0 spiro atoms. The molecule has 6 rings (SSSR count). The number of carbonyl (C=O) groups is 1. The van der Waals surface area contributed by atoms with E-state index in [0.717, 1.165) is 59.3 Å². The molecular weight excluding hydrogens is 554 g/mol. The van der Waals surface area contributed by atoms with Gasteiger partial charge in [0.25, 0.3) is 5.91 Å². The summed E-state index contributed by atoms with van der Waals surface area (Å²) < 4.78 is 13.2. The number of amides is 1. The average Bonchev–Trinajstić information content (AvgIpc) is 3.54. The van der Waals surface area contributed by atoms with E-state index >= 15 is 0 Å². The lowest BCUT2D eigenvalue weighted by atomic mass is 9.98. The maximum atomic E-state index is 12.5. The standard InChI is InChI=1S/C36H39N3O5/c40-23-25-11-13-27(14-12-25)34-19-33(22-39-16-4-10-32(39)24-41)43-36(44-34)30-8-2-7-29(18-30)28-6-1-5-26(17-28)20-38-35(42)31-9-3-15-37-21-31/h1-3,5-9,11-15,17-18,21,32-34,36,40-41H,4,10,16,19-20,22-24H2,(H,38,42)/t32-,33-,34+,36+/m0/s1. The summed E-state index contributed by atoms with van der Waals surface area (Å²) in [5.41, 5.74) is 6.43. The Morgan fingerprint density at radius 2 is 1.73 bits per heavy atom. The van der Waals surface area contributed by atoms with E-state index in [4.69, 9.17) is 9.47 Å². The SMILES string of the molecule is O=C(NCc1cccc(-c2cccc([C@@H]3O[C@H](CN4CCC[C@H]4CO)C[C@H](c4ccc(CO)cc4)O3)c2)c1)c1cccnc1. The molecule has 4 atom stereocenters. The number of pyridine rings is 1. The van der Waals surface area contributed by atoms with Crippen LogP contribution in [0.25, 0.3) is 11.1 Å². The summed E-state index contributed by atoms with van der Waals surface area (Å²) >= 11 is 0. The molecule has 2 fully saturated rings. The van der Waals surface area contributed by atoms with Gasteiger partial charge >= 0.3 is 0 Å². The number of aliphatic hydroxyl groups is 2. The van der Waals surface area contributed by atoms with Gasteiger partial charge in [0.15, 0.2) is 6.29 Å². The molecule has 3 heterocycles. The zero-order chi connectivity index (χ0) is 30.3. The molecule has 3 aromatic carbocycles. The van der Waals surface area contributed by atoms with Crippen LogP contribution in [0.2, 0.25) is 0 Å². The summed E-state index contributed by atoms with van der Waals surface area (Å²) in [6, 6.07) is 28.0. The van der Waals surface area contributed by atoms with Crippen molar-refractivity contribution in [2.45, 2.75) is 57.0 Å². The van der Waals surface area contributed by atoms with Crippen molar-refractivity contribution in [1.82, 2.24) is 15.2 Å². The van der Waals surface area contributed by atoms with Gasteiger partial charge in [-0.25, -0.2) is 0 Å². The maximum Gasteiger partial charge on any atom is 0.253 e. The van der Waals surface area contributed by atoms with Crippen molar-refractivity contribution in [2.75, 3.05) is 19.7 Å². The van der Waals surface area contributed by atoms with Gasteiger partial charge in [-0.1, -0.05) is 60.7 Å². The molecule has 1 aromatic heterocycles. The molecule has 2 aliphatic rings. The Kier molecular flexibility index (Phi) is 9.75. The smallest absolute Gasteiger partial charge is 0.253 e. The minimum absolute atomic E-state index is 0.00252. The molecule has 0 radical (unpaired) electrons. The van der Waals surface area contributed by atoms with Gasteiger partial charge < -0.3 is 25.0 Å². The maximum absolute atomic E-state index is 12.5. The van der Waals surface area contributed by atoms with Crippen LogP contribution >= 0.6 is 0 Å². The number of hydrogen-bond donors (Lipinski definition) is 3. The van der Waals surface area contributed by atoms with E-state index in [1.807, 2.05) is 48.5 Å². The van der Waals surface area contributed by atoms with Crippen molar-refractivity contribution in [3.8, 4) is 11.1 Å². The number of nitrogens with zero attached hydrogens (tertiary/aromatic N) is 2. The zero-order valence-corrected chi connectivity index (χ0v) is 24.7. The topological polar surface area (TPSA) is 104 Å². The molecule has 0 saturated carbocycles. The van der Waals surface area contributed by atoms with Gasteiger partial charge in [0, 0.05) is 43.5 Å². The van der Waals surface area contributed by atoms with Gasteiger partial charge in [-0.15, -0.1) is 0 Å². The first-order chi connectivity index (χ1) is 21.6. The summed E-state index contributed by atoms with van der Waals surface area (Å²) in [4.78, 5) is 18.9. The van der Waals surface area contributed by atoms with E-state index in [0.29, 0.717) is 18.5 Å². The number of rotatable bonds is 10. The highest BCUT2D eigenvalue weighted by atomic mass is 16.7. The molecule has 44 heavy (non-hydrogen) atoms. The van der Waals surface area contributed by atoms with Gasteiger partial charge in [-0.3, -0.25) is 14.7 Å². The Hall–Kier alpha value is -3.92. The van der Waals surface area contributed by atoms with E-state index in [-0.39, 0.29) is 37.4 Å². The largest absolute Gasteiger partial charge is 0.395 e. The van der Waals surface area contributed by atoms with Crippen molar-refractivity contribution in [2.24, 2.45) is 0 Å². The monoisotopic (exact) mass is 593 g/mol. The molecule has 0 bridgehead atoms. The lowest BCUT2D eigenvalue weighted by Crippen LogP contribution is -2.42. The fraction of sp³-hybridized carbons (Fsp3) is 0.333. The number of benzene rings is 3. The number of likely N-dealkylation sites (tertiary alicyclic amines) is 1. The highest BCUT2D eigenvalue weighted by Gasteiger charge is 2.35. The summed E-state index contributed by atoms with van der Waals surface area (Å²) in [7, 11) is 0. The van der Waals surface area contributed by atoms with Crippen LogP contribution in [0, 0.1) is 0 Å². The van der Waals surface area contributed by atoms with Crippen LogP contribution in [0.5, 0.6) is 0 Å². The molecular formula is C36H39N3O5. The first-order valence-corrected chi connectivity index (χ1v) is 15.3. The number of carbonyl (C=O) groups excluding carboxylic acids is 1. The quantitative estimate of drug-likeness (QED) is 0.233. The summed E-state index contributed by atoms with van der Waals surface area (Å²) in [5, 5.41) is 22.4. The molecule has 0 aliphatic carbocycles. The molecule has 4 aromatic rings. The third kappa shape index (κ3) is 7.23. The Labute approximate surface area is 258 Å². The minimum Gasteiger partial charge on any atom is -0.395 e. The number of ether oxygens (including phenoxy) is 2. The molecule has 8 heteroatoms. The van der Waals surface area contributed by atoms with Gasteiger partial charge in [0.05, 0.1) is 31.0 Å². The minimum atomic E-state index is -0.562. The van der Waals surface area contributed by atoms with Crippen LogP contribution in [0.4, 0.5) is 0 Å². The van der Waals surface area contributed by atoms with E-state index in [9.17, 15) is 15.0 Å². The first-order valence-electron chi connectivity index (χ1n) is 15.3. The lowest BCUT2D eigenvalue weighted by molar-refractivity contribution is -0.253. The third-order valence-corrected chi connectivity index (χ3v) is 8.56. The average molecular weight is 594 g/mol. The Bertz CT molecular complexity index is 1530. The van der Waals surface area contributed by atoms with E-state index in [2.05, 4.69) is 39.5 Å². The molecule has 8 nitrogen and oxygen atoms in total. The van der Waals surface area contributed by atoms with Crippen LogP contribution < -0.4 is 5.32 Å². The van der Waals surface area contributed by atoms with Crippen molar-refractivity contribution < 1.29 is 24.5 Å². The predicted octanol–water partition coefficient (Wildman–Crippen LogP) is 5.17. The first kappa shape index (κ1) is 30.1. The second-order valence-electron chi connectivity index (χ2n) is 11.6. The molecule has 2 aliphatic heterocycles. The van der Waals surface area contributed by atoms with Gasteiger partial charge in [0.2, 0.25) is 0 Å². The second-order valence-corrected chi connectivity index (χ2v) is 11.6. The van der Waals surface area contributed by atoms with Crippen molar-refractivity contribution in [3.63, 3.8) is 0 Å². The van der Waals surface area contributed by atoms with Crippen molar-refractivity contribution in [3.05, 3.63) is 125 Å². The van der Waals surface area contributed by atoms with Crippen LogP contribution in [0.15, 0.2) is 97.3 Å². The number of hydrogen-bond acceptors (Lipinski definition) is 7. The molecule has 228 valence electrons. The van der Waals surface area contributed by atoms with E-state index in [1.54, 1.807) is 24.5 Å². The summed E-state index contributed by atoms with van der Waals surface area (Å²) in [6.07, 6.45) is 5.19. The molecule has 2 saturated heterocycles. The lowest BCUT2D eigenvalue weighted by Gasteiger charge is -2.38. The Morgan fingerprint density at radius 3 is 2.50 bits per heavy atom. The second kappa shape index (κ2) is 14.2. The fourth-order valence-electron chi connectivity index (χ4n) is 6.14. The van der Waals surface area contributed by atoms with Crippen LogP contribution in [0.3, 0.4) is 0 Å². The normalized spacial score (nSPS) is 22.1. The number of aromatic nitrogens is 1. The molecule has 3 N–H and O–H groups in total. The van der Waals surface area contributed by atoms with Gasteiger partial charge in [0.1, 0.15) is 0 Å². The van der Waals surface area contributed by atoms with Crippen molar-refractivity contribution in [1.29, 1.82) is 0 Å². The Balaban J connectivity index is 1.20. The molecule has 0 unspecified atom stereocenters. The van der Waals surface area contributed by atoms with Crippen molar-refractivity contribution >= 4 is 5.91 Å². The fourth-order valence-corrected chi connectivity index (χ4v) is 6.14. The van der Waals surface area contributed by atoms with Gasteiger partial charge in [-0.05, 0) is 71.5 Å². The van der Waals surface area contributed by atoms with Crippen LogP contribution in [-0.4, -0.2) is 57.8 Å². The zero-order valence-electron chi connectivity index (χ0n) is 24.7. The van der Waals surface area contributed by atoms with Crippen LogP contribution in [-0.2, 0) is 22.6 Å². The highest BCUT2D eigenvalue weighted by Crippen LogP contribution is 2.39.